The Bertz CT molecular complexity index is 619. The normalized spacial score (nSPS) is 30.1. The van der Waals surface area contributed by atoms with E-state index in [2.05, 4.69) is 27.4 Å². The first-order chi connectivity index (χ1) is 11.4. The highest BCUT2D eigenvalue weighted by molar-refractivity contribution is 5.88. The van der Waals surface area contributed by atoms with E-state index in [0.717, 1.165) is 12.2 Å². The fourth-order valence-corrected chi connectivity index (χ4v) is 4.78. The second-order valence-electron chi connectivity index (χ2n) is 7.99. The number of para-hydroxylation sites is 1. The lowest BCUT2D eigenvalue weighted by Crippen LogP contribution is -2.34. The Kier molecular flexibility index (Phi) is 4.46. The zero-order valence-corrected chi connectivity index (χ0v) is 15.0. The zero-order valence-electron chi connectivity index (χ0n) is 15.0. The quantitative estimate of drug-likeness (QED) is 0.434. The van der Waals surface area contributed by atoms with E-state index >= 15 is 0 Å². The van der Waals surface area contributed by atoms with Crippen molar-refractivity contribution in [2.75, 3.05) is 13.2 Å². The highest BCUT2D eigenvalue weighted by Gasteiger charge is 2.62. The Morgan fingerprint density at radius 2 is 1.92 bits per heavy atom. The average Bonchev–Trinajstić information content (AvgIpc) is 2.92. The van der Waals surface area contributed by atoms with Crippen LogP contribution in [0.5, 0.6) is 5.75 Å². The summed E-state index contributed by atoms with van der Waals surface area (Å²) < 4.78 is 11.0. The summed E-state index contributed by atoms with van der Waals surface area (Å²) in [6.07, 6.45) is 3.52. The van der Waals surface area contributed by atoms with E-state index in [1.807, 2.05) is 30.3 Å². The van der Waals surface area contributed by atoms with Crippen molar-refractivity contribution in [3.05, 3.63) is 42.5 Å². The van der Waals surface area contributed by atoms with Gasteiger partial charge in [0.25, 0.3) is 0 Å². The molecule has 3 nitrogen and oxygen atoms in total. The van der Waals surface area contributed by atoms with Crippen LogP contribution in [-0.2, 0) is 9.53 Å². The summed E-state index contributed by atoms with van der Waals surface area (Å²) in [5, 5.41) is 0. The maximum Gasteiger partial charge on any atom is 0.333 e. The average molecular weight is 328 g/mol. The van der Waals surface area contributed by atoms with Gasteiger partial charge in [0.2, 0.25) is 0 Å². The summed E-state index contributed by atoms with van der Waals surface area (Å²) in [7, 11) is 0. The topological polar surface area (TPSA) is 35.5 Å². The Labute approximate surface area is 145 Å². The van der Waals surface area contributed by atoms with Gasteiger partial charge in [-0.1, -0.05) is 45.5 Å². The molecule has 0 N–H and O–H groups in total. The Morgan fingerprint density at radius 3 is 2.50 bits per heavy atom. The largest absolute Gasteiger partial charge is 0.490 e. The van der Waals surface area contributed by atoms with Crippen molar-refractivity contribution >= 4 is 5.97 Å². The molecule has 130 valence electrons. The van der Waals surface area contributed by atoms with Crippen LogP contribution in [0.25, 0.3) is 0 Å². The minimum atomic E-state index is -0.263. The van der Waals surface area contributed by atoms with E-state index in [9.17, 15) is 4.79 Å². The molecule has 3 heteroatoms. The van der Waals surface area contributed by atoms with Gasteiger partial charge in [-0.3, -0.25) is 0 Å². The molecule has 3 atom stereocenters. The van der Waals surface area contributed by atoms with Crippen LogP contribution in [0.1, 0.15) is 40.0 Å². The van der Waals surface area contributed by atoms with E-state index in [0.29, 0.717) is 18.1 Å². The lowest BCUT2D eigenvalue weighted by molar-refractivity contribution is -0.141. The van der Waals surface area contributed by atoms with E-state index in [1.54, 1.807) is 0 Å². The minimum Gasteiger partial charge on any atom is -0.490 e. The van der Waals surface area contributed by atoms with Crippen LogP contribution in [-0.4, -0.2) is 19.2 Å². The number of hydrogen-bond acceptors (Lipinski definition) is 3. The van der Waals surface area contributed by atoms with Crippen LogP contribution in [0.15, 0.2) is 42.5 Å². The van der Waals surface area contributed by atoms with E-state index in [-0.39, 0.29) is 29.3 Å². The van der Waals surface area contributed by atoms with Crippen LogP contribution < -0.4 is 4.74 Å². The lowest BCUT2D eigenvalue weighted by atomic mass is 9.65. The number of carbonyl (C=O) groups is 1. The number of benzene rings is 1. The number of ether oxygens (including phenoxy) is 2. The molecule has 0 spiro atoms. The van der Waals surface area contributed by atoms with Crippen LogP contribution in [0.3, 0.4) is 0 Å². The third-order valence-corrected chi connectivity index (χ3v) is 6.81. The number of hydrogen-bond donors (Lipinski definition) is 0. The molecule has 0 saturated heterocycles. The Balaban J connectivity index is 1.50. The monoisotopic (exact) mass is 328 g/mol. The molecule has 2 aliphatic rings. The molecular weight excluding hydrogens is 300 g/mol. The fourth-order valence-electron chi connectivity index (χ4n) is 4.78. The van der Waals surface area contributed by atoms with E-state index < -0.39 is 0 Å². The van der Waals surface area contributed by atoms with Crippen molar-refractivity contribution in [1.29, 1.82) is 0 Å². The van der Waals surface area contributed by atoms with Crippen LogP contribution in [0.4, 0.5) is 0 Å². The molecule has 1 aromatic rings. The van der Waals surface area contributed by atoms with Gasteiger partial charge in [0.05, 0.1) is 0 Å². The van der Waals surface area contributed by atoms with Crippen molar-refractivity contribution in [2.24, 2.45) is 22.7 Å². The van der Waals surface area contributed by atoms with Crippen molar-refractivity contribution in [2.45, 2.75) is 40.0 Å². The first kappa shape index (κ1) is 17.1. The van der Waals surface area contributed by atoms with Gasteiger partial charge in [-0.25, -0.2) is 4.79 Å². The molecule has 1 aromatic carbocycles. The van der Waals surface area contributed by atoms with Crippen molar-refractivity contribution in [3.8, 4) is 5.75 Å². The smallest absolute Gasteiger partial charge is 0.333 e. The van der Waals surface area contributed by atoms with Crippen molar-refractivity contribution in [3.63, 3.8) is 0 Å². The summed E-state index contributed by atoms with van der Waals surface area (Å²) in [6.45, 7) is 11.7. The second kappa shape index (κ2) is 6.27. The SMILES string of the molecule is C=C(C(=O)OCCOc1ccccc1)C1C[C@H]2CC[C@@]1(C)C2(C)C. The van der Waals surface area contributed by atoms with Gasteiger partial charge in [-0.05, 0) is 54.1 Å². The summed E-state index contributed by atoms with van der Waals surface area (Å²) in [4.78, 5) is 12.4. The predicted octanol–water partition coefficient (Wildman–Crippen LogP) is 4.63. The molecule has 2 aliphatic carbocycles. The summed E-state index contributed by atoms with van der Waals surface area (Å²) >= 11 is 0. The summed E-state index contributed by atoms with van der Waals surface area (Å²) in [5.41, 5.74) is 1.08. The Hall–Kier alpha value is -1.77. The van der Waals surface area contributed by atoms with Gasteiger partial charge >= 0.3 is 5.97 Å². The van der Waals surface area contributed by atoms with Gasteiger partial charge in [-0.2, -0.15) is 0 Å². The standard InChI is InChI=1S/C21H28O3/c1-15(18-14-16-10-11-21(18,4)20(16,2)3)19(22)24-13-12-23-17-8-6-5-7-9-17/h5-9,16,18H,1,10-14H2,2-4H3/t16-,18?,21-/m1/s1. The van der Waals surface area contributed by atoms with Crippen LogP contribution in [0.2, 0.25) is 0 Å². The number of esters is 1. The zero-order chi connectivity index (χ0) is 17.4. The first-order valence-corrected chi connectivity index (χ1v) is 8.90. The highest BCUT2D eigenvalue weighted by Crippen LogP contribution is 2.69. The molecule has 24 heavy (non-hydrogen) atoms. The molecule has 0 radical (unpaired) electrons. The molecule has 0 heterocycles. The third kappa shape index (κ3) is 2.74. The molecule has 3 rings (SSSR count). The van der Waals surface area contributed by atoms with Gasteiger partial charge in [0, 0.05) is 5.57 Å². The van der Waals surface area contributed by atoms with E-state index in [4.69, 9.17) is 9.47 Å². The molecule has 0 aliphatic heterocycles. The van der Waals surface area contributed by atoms with Gasteiger partial charge in [-0.15, -0.1) is 0 Å². The summed E-state index contributed by atoms with van der Waals surface area (Å²) in [6, 6.07) is 9.55. The van der Waals surface area contributed by atoms with Crippen LogP contribution in [0, 0.1) is 22.7 Å². The van der Waals surface area contributed by atoms with E-state index in [1.165, 1.54) is 12.8 Å². The first-order valence-electron chi connectivity index (χ1n) is 8.90. The molecule has 2 saturated carbocycles. The van der Waals surface area contributed by atoms with Crippen LogP contribution >= 0.6 is 0 Å². The van der Waals surface area contributed by atoms with Crippen molar-refractivity contribution < 1.29 is 14.3 Å². The lowest BCUT2D eigenvalue weighted by Gasteiger charge is -2.39. The van der Waals surface area contributed by atoms with Gasteiger partial charge in [0.15, 0.2) is 0 Å². The Morgan fingerprint density at radius 1 is 1.21 bits per heavy atom. The molecule has 2 bridgehead atoms. The maximum atomic E-state index is 12.4. The van der Waals surface area contributed by atoms with Crippen molar-refractivity contribution in [1.82, 2.24) is 0 Å². The summed E-state index contributed by atoms with van der Waals surface area (Å²) in [5.74, 6) is 1.46. The molecule has 0 amide bonds. The number of fused-ring (bicyclic) bond motifs is 2. The second-order valence-corrected chi connectivity index (χ2v) is 7.99. The highest BCUT2D eigenvalue weighted by atomic mass is 16.6. The van der Waals surface area contributed by atoms with Gasteiger partial charge in [0.1, 0.15) is 19.0 Å². The number of carbonyl (C=O) groups excluding carboxylic acids is 1. The molecule has 2 fully saturated rings. The van der Waals surface area contributed by atoms with Gasteiger partial charge < -0.3 is 9.47 Å². The third-order valence-electron chi connectivity index (χ3n) is 6.81. The maximum absolute atomic E-state index is 12.4. The molecule has 1 unspecified atom stereocenters. The predicted molar refractivity (Wildman–Crippen MR) is 94.8 cm³/mol. The molecular formula is C21H28O3. The fraction of sp³-hybridized carbons (Fsp3) is 0.571. The number of rotatable bonds is 6. The minimum absolute atomic E-state index is 0.161. The molecule has 0 aromatic heterocycles.